The molecule has 0 rings (SSSR count). The van der Waals surface area contributed by atoms with Gasteiger partial charge in [-0.15, -0.1) is 17.0 Å². The number of rotatable bonds is 3. The average molecular weight is 482 g/mol. The molecule has 3 nitrogen and oxygen atoms in total. The van der Waals surface area contributed by atoms with Crippen molar-refractivity contribution in [2.24, 2.45) is 17.8 Å². The maximum absolute atomic E-state index is 8.14. The molecule has 17 heavy (non-hydrogen) atoms. The maximum atomic E-state index is 8.14. The van der Waals surface area contributed by atoms with Crippen LogP contribution in [0.5, 0.6) is 0 Å². The zero-order valence-corrected chi connectivity index (χ0v) is 17.4. The topological polar surface area (TPSA) is 60.7 Å². The summed E-state index contributed by atoms with van der Waals surface area (Å²) in [5.74, 6) is 1.32. The van der Waals surface area contributed by atoms with E-state index in [9.17, 15) is 0 Å². The summed E-state index contributed by atoms with van der Waals surface area (Å²) in [7, 11) is 0. The molecule has 0 fully saturated rings. The summed E-state index contributed by atoms with van der Waals surface area (Å²) in [5, 5.41) is 24.4. The van der Waals surface area contributed by atoms with E-state index in [4.69, 9.17) is 15.3 Å². The summed E-state index contributed by atoms with van der Waals surface area (Å²) >= 11 is 0. The predicted molar refractivity (Wildman–Crippen MR) is 76.1 cm³/mol. The van der Waals surface area contributed by atoms with Crippen LogP contribution in [0.1, 0.15) is 41.5 Å². The molecule has 0 amide bonds. The average Bonchev–Trinajstić information content (AvgIpc) is 2.19. The second-order valence-corrected chi connectivity index (χ2v) is 4.73. The van der Waals surface area contributed by atoms with Crippen LogP contribution in [-0.2, 0) is 25.8 Å². The molecule has 0 aliphatic rings. The van der Waals surface area contributed by atoms with E-state index in [0.29, 0.717) is 37.6 Å². The van der Waals surface area contributed by atoms with Gasteiger partial charge >= 0.3 is 0 Å². The first-order valence-corrected chi connectivity index (χ1v) is 5.64. The second-order valence-electron chi connectivity index (χ2n) is 4.73. The van der Waals surface area contributed by atoms with Gasteiger partial charge in [-0.05, 0) is 17.8 Å². The Bertz CT molecular complexity index is 82.7. The summed E-state index contributed by atoms with van der Waals surface area (Å²) in [6.07, 6.45) is 0. The molecule has 5 heteroatoms. The summed E-state index contributed by atoms with van der Waals surface area (Å²) < 4.78 is 0. The van der Waals surface area contributed by atoms with Gasteiger partial charge in [0.1, 0.15) is 0 Å². The third-order valence-electron chi connectivity index (χ3n) is 1.10. The van der Waals surface area contributed by atoms with Gasteiger partial charge in [0.05, 0.1) is 0 Å². The Morgan fingerprint density at radius 1 is 0.588 bits per heavy atom. The van der Waals surface area contributed by atoms with Gasteiger partial charge in [-0.25, -0.2) is 0 Å². The van der Waals surface area contributed by atoms with Crippen LogP contribution in [-0.4, -0.2) is 35.1 Å². The first-order valence-electron chi connectivity index (χ1n) is 5.64. The third kappa shape index (κ3) is 76.5. The van der Waals surface area contributed by atoms with Gasteiger partial charge in [0.15, 0.2) is 0 Å². The molecule has 0 saturated heterocycles. The van der Waals surface area contributed by atoms with Crippen LogP contribution < -0.4 is 0 Å². The number of aliphatic hydroxyl groups is 3. The molecule has 0 aromatic carbocycles. The van der Waals surface area contributed by atoms with Gasteiger partial charge in [-0.3, -0.25) is 0 Å². The summed E-state index contributed by atoms with van der Waals surface area (Å²) in [6.45, 7) is 12.7. The Balaban J connectivity index is -0.0000000400. The quantitative estimate of drug-likeness (QED) is 0.543. The molecule has 0 saturated carbocycles. The van der Waals surface area contributed by atoms with Crippen molar-refractivity contribution in [3.8, 4) is 0 Å². The Hall–Kier alpha value is 1.23. The zero-order valence-electron chi connectivity index (χ0n) is 12.1. The van der Waals surface area contributed by atoms with Gasteiger partial charge in [-0.2, -0.15) is 0 Å². The summed E-state index contributed by atoms with van der Waals surface area (Å²) in [5.41, 5.74) is 0. The van der Waals surface area contributed by atoms with E-state index < -0.39 is 0 Å². The molecule has 0 spiro atoms. The number of hydrogen-bond donors (Lipinski definition) is 3. The first kappa shape index (κ1) is 30.9. The van der Waals surface area contributed by atoms with Crippen LogP contribution in [0.4, 0.5) is 0 Å². The zero-order chi connectivity index (χ0) is 12.9. The van der Waals surface area contributed by atoms with Crippen molar-refractivity contribution < 1.29 is 41.2 Å². The van der Waals surface area contributed by atoms with E-state index in [2.05, 4.69) is 0 Å². The Morgan fingerprint density at radius 3 is 0.647 bits per heavy atom. The van der Waals surface area contributed by atoms with E-state index in [1.54, 1.807) is 0 Å². The van der Waals surface area contributed by atoms with Crippen LogP contribution in [0.25, 0.3) is 0 Å². The minimum absolute atomic E-state index is 0. The van der Waals surface area contributed by atoms with E-state index >= 15 is 0 Å². The van der Waals surface area contributed by atoms with E-state index in [1.165, 1.54) is 0 Å². The van der Waals surface area contributed by atoms with Gasteiger partial charge in [-0.1, -0.05) is 41.5 Å². The monoisotopic (exact) mass is 482 g/mol. The molecule has 108 valence electrons. The molecular weight excluding hydrogens is 451 g/mol. The number of aliphatic hydroxyl groups excluding tert-OH is 3. The standard InChI is InChI=1S/3C4H10O.BrH.Hf/c3*1-4(2)3-5;;/h3*4-5H,3H2,1-2H3;1H;. The number of hydrogen-bond acceptors (Lipinski definition) is 3. The van der Waals surface area contributed by atoms with Crippen LogP contribution in [0.3, 0.4) is 0 Å². The van der Waals surface area contributed by atoms with Gasteiger partial charge in [0, 0.05) is 45.7 Å². The Labute approximate surface area is 137 Å². The minimum Gasteiger partial charge on any atom is -0.396 e. The Kier molecular flexibility index (Phi) is 47.2. The van der Waals surface area contributed by atoms with Crippen molar-refractivity contribution in [1.29, 1.82) is 0 Å². The Morgan fingerprint density at radius 2 is 0.647 bits per heavy atom. The van der Waals surface area contributed by atoms with Gasteiger partial charge < -0.3 is 15.3 Å². The van der Waals surface area contributed by atoms with Crippen molar-refractivity contribution in [3.05, 3.63) is 0 Å². The maximum Gasteiger partial charge on any atom is 0.0453 e. The molecule has 0 aromatic rings. The van der Waals surface area contributed by atoms with Crippen LogP contribution in [0, 0.1) is 17.8 Å². The minimum atomic E-state index is 0. The van der Waals surface area contributed by atoms with Gasteiger partial charge in [0.25, 0.3) is 0 Å². The normalized spacial score (nSPS) is 8.47. The van der Waals surface area contributed by atoms with Crippen LogP contribution in [0.15, 0.2) is 0 Å². The molecule has 0 bridgehead atoms. The predicted octanol–water partition coefficient (Wildman–Crippen LogP) is 2.48. The smallest absolute Gasteiger partial charge is 0.0453 e. The fourth-order valence-electron chi connectivity index (χ4n) is 0. The molecule has 0 atom stereocenters. The molecule has 0 aliphatic heterocycles. The van der Waals surface area contributed by atoms with E-state index in [-0.39, 0.29) is 42.8 Å². The molecule has 0 aliphatic carbocycles. The van der Waals surface area contributed by atoms with Crippen molar-refractivity contribution in [2.45, 2.75) is 41.5 Å². The van der Waals surface area contributed by atoms with E-state index in [1.807, 2.05) is 41.5 Å². The van der Waals surface area contributed by atoms with Crippen LogP contribution >= 0.6 is 17.0 Å². The van der Waals surface area contributed by atoms with Crippen molar-refractivity contribution in [3.63, 3.8) is 0 Å². The molecule has 0 unspecified atom stereocenters. The van der Waals surface area contributed by atoms with Crippen molar-refractivity contribution in [1.82, 2.24) is 0 Å². The molecule has 3 N–H and O–H groups in total. The first-order chi connectivity index (χ1) is 6.81. The molecular formula is C12H31BrHfO3. The van der Waals surface area contributed by atoms with Crippen molar-refractivity contribution in [2.75, 3.05) is 19.8 Å². The fourth-order valence-corrected chi connectivity index (χ4v) is 0. The summed E-state index contributed by atoms with van der Waals surface area (Å²) in [6, 6.07) is 0. The van der Waals surface area contributed by atoms with Crippen molar-refractivity contribution >= 4 is 17.0 Å². The molecule has 0 aromatic heterocycles. The SMILES string of the molecule is Br.CC(C)CO.CC(C)CO.CC(C)CO.[Hf]. The second kappa shape index (κ2) is 25.9. The van der Waals surface area contributed by atoms with Crippen LogP contribution in [0.2, 0.25) is 0 Å². The largest absolute Gasteiger partial charge is 0.396 e. The number of halogens is 1. The molecule has 0 heterocycles. The summed E-state index contributed by atoms with van der Waals surface area (Å²) in [4.78, 5) is 0. The third-order valence-corrected chi connectivity index (χ3v) is 1.10. The molecule has 0 radical (unpaired) electrons. The van der Waals surface area contributed by atoms with E-state index in [0.717, 1.165) is 0 Å². The fraction of sp³-hybridized carbons (Fsp3) is 1.00. The van der Waals surface area contributed by atoms with Gasteiger partial charge in [0.2, 0.25) is 0 Å².